The van der Waals surface area contributed by atoms with Crippen molar-refractivity contribution in [2.45, 2.75) is 13.8 Å². The van der Waals surface area contributed by atoms with Gasteiger partial charge in [-0.1, -0.05) is 0 Å². The zero-order valence-corrected chi connectivity index (χ0v) is 11.2. The fraction of sp³-hybridized carbons (Fsp3) is 1.00. The first-order chi connectivity index (χ1) is 4.20. The molecule has 0 amide bonds. The zero-order valence-electron chi connectivity index (χ0n) is 7.22. The predicted molar refractivity (Wildman–Crippen MR) is 43.9 cm³/mol. The second kappa shape index (κ2) is 8.66. The Kier molecular flexibility index (Phi) is 12.2. The molecular formula is C6H17ClN2Nd. The summed E-state index contributed by atoms with van der Waals surface area (Å²) in [6.07, 6.45) is 0. The Morgan fingerprint density at radius 2 is 1.30 bits per heavy atom. The Balaban J connectivity index is 0. The molecular weight excluding hydrogens is 280 g/mol. The summed E-state index contributed by atoms with van der Waals surface area (Å²) < 4.78 is 4.95. The van der Waals surface area contributed by atoms with Gasteiger partial charge in [0.15, 0.2) is 0 Å². The Labute approximate surface area is 91.8 Å². The Bertz CT molecular complexity index is 64.8. The fourth-order valence-electron chi connectivity index (χ4n) is 0.433. The number of nitrogens with zero attached hydrogens (tertiary/aromatic N) is 2. The topological polar surface area (TPSA) is 6.48 Å². The van der Waals surface area contributed by atoms with Crippen molar-refractivity contribution in [3.05, 3.63) is 0 Å². The molecule has 0 saturated carbocycles. The van der Waals surface area contributed by atoms with Gasteiger partial charge < -0.3 is 0 Å². The third-order valence-corrected chi connectivity index (χ3v) is 5.51. The van der Waals surface area contributed by atoms with E-state index in [2.05, 4.69) is 29.9 Å². The molecule has 0 heterocycles. The second-order valence-corrected chi connectivity index (χ2v) is 7.67. The van der Waals surface area contributed by atoms with Gasteiger partial charge in [0.05, 0.1) is 0 Å². The molecule has 0 unspecified atom stereocenters. The summed E-state index contributed by atoms with van der Waals surface area (Å²) in [5, 5.41) is 0. The number of hydrogen-bond donors (Lipinski definition) is 0. The van der Waals surface area contributed by atoms with E-state index in [1.165, 1.54) is 13.1 Å². The molecule has 0 aliphatic heterocycles. The molecule has 0 aliphatic rings. The van der Waals surface area contributed by atoms with Gasteiger partial charge >= 0.3 is 80.5 Å². The second-order valence-electron chi connectivity index (χ2n) is 2.13. The molecule has 62 valence electrons. The predicted octanol–water partition coefficient (Wildman–Crippen LogP) is 1.23. The minimum absolute atomic E-state index is 0. The molecule has 2 nitrogen and oxygen atoms in total. The van der Waals surface area contributed by atoms with E-state index in [-0.39, 0.29) is 12.4 Å². The van der Waals surface area contributed by atoms with E-state index in [1.807, 2.05) is 0 Å². The molecule has 10 heavy (non-hydrogen) atoms. The van der Waals surface area contributed by atoms with Crippen molar-refractivity contribution in [2.75, 3.05) is 27.2 Å². The molecule has 0 fully saturated rings. The van der Waals surface area contributed by atoms with Crippen LogP contribution in [0.4, 0.5) is 0 Å². The molecule has 0 rings (SSSR count). The smallest absolute Gasteiger partial charge is 0.147 e. The van der Waals surface area contributed by atoms with Crippen LogP contribution in [0, 0.1) is 37.5 Å². The van der Waals surface area contributed by atoms with Gasteiger partial charge in [0.25, 0.3) is 0 Å². The van der Waals surface area contributed by atoms with Crippen molar-refractivity contribution in [3.63, 3.8) is 0 Å². The average Bonchev–Trinajstić information content (AvgIpc) is 1.87. The van der Waals surface area contributed by atoms with Crippen molar-refractivity contribution in [2.24, 2.45) is 0 Å². The number of halogens is 1. The van der Waals surface area contributed by atoms with E-state index in [1.54, 1.807) is 0 Å². The summed E-state index contributed by atoms with van der Waals surface area (Å²) >= 11 is -0.533. The van der Waals surface area contributed by atoms with Crippen LogP contribution in [-0.2, 0) is 0 Å². The van der Waals surface area contributed by atoms with Crippen molar-refractivity contribution in [3.8, 4) is 0 Å². The summed E-state index contributed by atoms with van der Waals surface area (Å²) in [6.45, 7) is 6.87. The molecule has 4 heteroatoms. The van der Waals surface area contributed by atoms with Crippen molar-refractivity contribution < 1.29 is 37.5 Å². The SMILES string of the molecule is CC[N](C)[Nd][N](C)CC.Cl. The quantitative estimate of drug-likeness (QED) is 0.770. The first-order valence-electron chi connectivity index (χ1n) is 3.39. The van der Waals surface area contributed by atoms with Crippen LogP contribution >= 0.6 is 12.4 Å². The van der Waals surface area contributed by atoms with Crippen molar-refractivity contribution >= 4 is 12.4 Å². The first kappa shape index (κ1) is 14.1. The summed E-state index contributed by atoms with van der Waals surface area (Å²) in [5.74, 6) is 0. The van der Waals surface area contributed by atoms with Gasteiger partial charge in [-0.3, -0.25) is 0 Å². The van der Waals surface area contributed by atoms with E-state index >= 15 is 0 Å². The Hall–Kier alpha value is 1.56. The van der Waals surface area contributed by atoms with Gasteiger partial charge in [0, 0.05) is 0 Å². The molecule has 0 saturated heterocycles. The van der Waals surface area contributed by atoms with Gasteiger partial charge in [0.2, 0.25) is 0 Å². The van der Waals surface area contributed by atoms with Crippen LogP contribution < -0.4 is 0 Å². The van der Waals surface area contributed by atoms with Crippen LogP contribution in [0.2, 0.25) is 0 Å². The molecule has 0 aromatic heterocycles. The third-order valence-electron chi connectivity index (χ3n) is 1.29. The van der Waals surface area contributed by atoms with Crippen LogP contribution in [0.5, 0.6) is 0 Å². The van der Waals surface area contributed by atoms with Gasteiger partial charge in [-0.2, -0.15) is 0 Å². The van der Waals surface area contributed by atoms with Gasteiger partial charge in [-0.25, -0.2) is 0 Å². The molecule has 0 aromatic carbocycles. The maximum atomic E-state index is 2.48. The monoisotopic (exact) mass is 294 g/mol. The summed E-state index contributed by atoms with van der Waals surface area (Å²) in [5.41, 5.74) is 0. The van der Waals surface area contributed by atoms with Crippen LogP contribution in [0.15, 0.2) is 0 Å². The van der Waals surface area contributed by atoms with Crippen molar-refractivity contribution in [1.82, 2.24) is 1.97 Å². The van der Waals surface area contributed by atoms with E-state index in [9.17, 15) is 0 Å². The van der Waals surface area contributed by atoms with E-state index in [0.717, 1.165) is 0 Å². The minimum Gasteiger partial charge on any atom is -0.147 e. The molecule has 0 atom stereocenters. The largest absolute Gasteiger partial charge is 0.147 e. The molecule has 0 radical (unpaired) electrons. The molecule has 0 N–H and O–H groups in total. The minimum atomic E-state index is -0.533. The van der Waals surface area contributed by atoms with E-state index in [0.29, 0.717) is 0 Å². The maximum Gasteiger partial charge on any atom is -0.147 e. The van der Waals surface area contributed by atoms with Gasteiger partial charge in [-0.15, -0.1) is 12.4 Å². The summed E-state index contributed by atoms with van der Waals surface area (Å²) in [4.78, 5) is 0. The Morgan fingerprint density at radius 3 is 1.50 bits per heavy atom. The normalized spacial score (nSPS) is 9.80. The van der Waals surface area contributed by atoms with Gasteiger partial charge in [-0.05, 0) is 0 Å². The number of rotatable bonds is 4. The molecule has 0 bridgehead atoms. The molecule has 0 aliphatic carbocycles. The van der Waals surface area contributed by atoms with Crippen LogP contribution in [0.25, 0.3) is 0 Å². The van der Waals surface area contributed by atoms with Crippen LogP contribution in [-0.4, -0.2) is 29.2 Å². The first-order valence-corrected chi connectivity index (χ1v) is 6.26. The standard InChI is InChI=1S/2C3H8N.ClH.Nd/c2*1-3-4-2;;/h2*3H2,1-2H3;1H;/q2*-1;;+2. The summed E-state index contributed by atoms with van der Waals surface area (Å²) in [6, 6.07) is 0. The fourth-order valence-corrected chi connectivity index (χ4v) is 3.21. The molecule has 0 aromatic rings. The Morgan fingerprint density at radius 1 is 1.00 bits per heavy atom. The van der Waals surface area contributed by atoms with Crippen LogP contribution in [0.3, 0.4) is 0 Å². The van der Waals surface area contributed by atoms with E-state index in [4.69, 9.17) is 0 Å². The third kappa shape index (κ3) is 7.67. The maximum absolute atomic E-state index is 2.48. The van der Waals surface area contributed by atoms with Gasteiger partial charge in [0.1, 0.15) is 0 Å². The van der Waals surface area contributed by atoms with Crippen molar-refractivity contribution in [1.29, 1.82) is 0 Å². The number of hydrogen-bond acceptors (Lipinski definition) is 2. The van der Waals surface area contributed by atoms with Crippen LogP contribution in [0.1, 0.15) is 13.8 Å². The molecule has 0 spiro atoms. The average molecular weight is 297 g/mol. The summed E-state index contributed by atoms with van der Waals surface area (Å²) in [7, 11) is 4.44. The van der Waals surface area contributed by atoms with E-state index < -0.39 is 37.5 Å². The zero-order chi connectivity index (χ0) is 7.28.